The zero-order chi connectivity index (χ0) is 14.0. The second-order valence-corrected chi connectivity index (χ2v) is 5.92. The Bertz CT molecular complexity index is 701. The molecule has 0 heterocycles. The van der Waals surface area contributed by atoms with Gasteiger partial charge in [0.25, 0.3) is 10.0 Å². The van der Waals surface area contributed by atoms with Crippen molar-refractivity contribution < 1.29 is 17.9 Å². The van der Waals surface area contributed by atoms with Crippen LogP contribution in [0.2, 0.25) is 0 Å². The Balaban J connectivity index is 2.45. The van der Waals surface area contributed by atoms with Crippen LogP contribution in [-0.4, -0.2) is 20.6 Å². The Hall–Kier alpha value is -2.08. The normalized spacial score (nSPS) is 11.3. The molecule has 2 aromatic carbocycles. The van der Waals surface area contributed by atoms with E-state index in [0.29, 0.717) is 0 Å². The number of sulfonamides is 1. The van der Waals surface area contributed by atoms with Gasteiger partial charge in [0.1, 0.15) is 11.6 Å². The van der Waals surface area contributed by atoms with Gasteiger partial charge in [-0.05, 0) is 30.3 Å². The highest BCUT2D eigenvalue weighted by Gasteiger charge is 2.21. The third kappa shape index (κ3) is 2.68. The number of phenolic OH excluding ortho intramolecular Hbond substituents is 1. The first-order chi connectivity index (χ1) is 8.91. The van der Waals surface area contributed by atoms with E-state index in [9.17, 15) is 17.9 Å². The molecule has 2 aromatic rings. The maximum Gasteiger partial charge on any atom is 0.264 e. The highest BCUT2D eigenvalue weighted by atomic mass is 32.2. The van der Waals surface area contributed by atoms with Gasteiger partial charge in [-0.1, -0.05) is 12.1 Å². The number of anilines is 1. The van der Waals surface area contributed by atoms with E-state index >= 15 is 0 Å². The number of nitrogens with zero attached hydrogens (tertiary/aromatic N) is 1. The largest absolute Gasteiger partial charge is 0.508 e. The van der Waals surface area contributed by atoms with Crippen molar-refractivity contribution in [3.63, 3.8) is 0 Å². The number of halogens is 1. The van der Waals surface area contributed by atoms with Crippen LogP contribution < -0.4 is 4.31 Å². The van der Waals surface area contributed by atoms with Crippen molar-refractivity contribution in [2.75, 3.05) is 11.4 Å². The summed E-state index contributed by atoms with van der Waals surface area (Å²) in [6, 6.07) is 10.6. The van der Waals surface area contributed by atoms with Gasteiger partial charge >= 0.3 is 0 Å². The van der Waals surface area contributed by atoms with E-state index in [2.05, 4.69) is 0 Å². The molecule has 4 nitrogen and oxygen atoms in total. The molecule has 1 N–H and O–H groups in total. The van der Waals surface area contributed by atoms with Crippen molar-refractivity contribution >= 4 is 15.7 Å². The molecule has 0 aliphatic heterocycles. The van der Waals surface area contributed by atoms with Gasteiger partial charge in [0.05, 0.1) is 10.6 Å². The molecule has 6 heteroatoms. The highest BCUT2D eigenvalue weighted by Crippen LogP contribution is 2.24. The van der Waals surface area contributed by atoms with E-state index in [0.717, 1.165) is 16.4 Å². The smallest absolute Gasteiger partial charge is 0.264 e. The molecule has 0 aromatic heterocycles. The van der Waals surface area contributed by atoms with Crippen LogP contribution in [0.4, 0.5) is 10.1 Å². The zero-order valence-electron chi connectivity index (χ0n) is 10.1. The summed E-state index contributed by atoms with van der Waals surface area (Å²) >= 11 is 0. The summed E-state index contributed by atoms with van der Waals surface area (Å²) in [7, 11) is -2.50. The molecule has 0 saturated carbocycles. The van der Waals surface area contributed by atoms with E-state index in [-0.39, 0.29) is 16.3 Å². The third-order valence-corrected chi connectivity index (χ3v) is 4.43. The first-order valence-electron chi connectivity index (χ1n) is 5.45. The SMILES string of the molecule is CN(c1cccc(F)c1)S(=O)(=O)c1cccc(O)c1. The Morgan fingerprint density at radius 2 is 1.79 bits per heavy atom. The van der Waals surface area contributed by atoms with E-state index in [1.165, 1.54) is 43.4 Å². The summed E-state index contributed by atoms with van der Waals surface area (Å²) in [4.78, 5) is -0.0562. The molecule has 0 aliphatic carbocycles. The van der Waals surface area contributed by atoms with Crippen molar-refractivity contribution in [1.29, 1.82) is 0 Å². The van der Waals surface area contributed by atoms with Crippen LogP contribution in [0.25, 0.3) is 0 Å². The number of hydrogen-bond donors (Lipinski definition) is 1. The third-order valence-electron chi connectivity index (χ3n) is 2.65. The minimum absolute atomic E-state index is 0.0562. The van der Waals surface area contributed by atoms with Gasteiger partial charge < -0.3 is 5.11 Å². The van der Waals surface area contributed by atoms with Crippen molar-refractivity contribution in [3.8, 4) is 5.75 Å². The van der Waals surface area contributed by atoms with Crippen molar-refractivity contribution in [2.45, 2.75) is 4.90 Å². The second-order valence-electron chi connectivity index (χ2n) is 3.95. The molecule has 0 atom stereocenters. The molecule has 2 rings (SSSR count). The molecule has 0 amide bonds. The molecule has 0 saturated heterocycles. The van der Waals surface area contributed by atoms with Crippen LogP contribution in [0.1, 0.15) is 0 Å². The van der Waals surface area contributed by atoms with E-state index in [1.807, 2.05) is 0 Å². The zero-order valence-corrected chi connectivity index (χ0v) is 10.9. The van der Waals surface area contributed by atoms with Gasteiger partial charge in [-0.15, -0.1) is 0 Å². The molecule has 0 fully saturated rings. The lowest BCUT2D eigenvalue weighted by Gasteiger charge is -2.19. The minimum atomic E-state index is -3.82. The standard InChI is InChI=1S/C13H12FNO3S/c1-15(11-5-2-4-10(14)8-11)19(17,18)13-7-3-6-12(16)9-13/h2-9,16H,1H3. The van der Waals surface area contributed by atoms with Crippen LogP contribution in [0.5, 0.6) is 5.75 Å². The number of rotatable bonds is 3. The Labute approximate surface area is 110 Å². The van der Waals surface area contributed by atoms with Crippen LogP contribution in [0.15, 0.2) is 53.4 Å². The minimum Gasteiger partial charge on any atom is -0.508 e. The molecule has 0 aliphatic rings. The van der Waals surface area contributed by atoms with Gasteiger partial charge in [0, 0.05) is 13.1 Å². The quantitative estimate of drug-likeness (QED) is 0.939. The number of benzene rings is 2. The first kappa shape index (κ1) is 13.4. The summed E-state index contributed by atoms with van der Waals surface area (Å²) < 4.78 is 38.7. The lowest BCUT2D eigenvalue weighted by atomic mass is 10.3. The summed E-state index contributed by atoms with van der Waals surface area (Å²) in [6.07, 6.45) is 0. The highest BCUT2D eigenvalue weighted by molar-refractivity contribution is 7.92. The molecule has 0 unspecified atom stereocenters. The monoisotopic (exact) mass is 281 g/mol. The molecular formula is C13H12FNO3S. The lowest BCUT2D eigenvalue weighted by Crippen LogP contribution is -2.26. The van der Waals surface area contributed by atoms with Gasteiger partial charge in [0.2, 0.25) is 0 Å². The number of phenols is 1. The average molecular weight is 281 g/mol. The number of aromatic hydroxyl groups is 1. The fourth-order valence-corrected chi connectivity index (χ4v) is 2.84. The first-order valence-corrected chi connectivity index (χ1v) is 6.89. The Morgan fingerprint density at radius 1 is 1.11 bits per heavy atom. The molecule has 0 spiro atoms. The van der Waals surface area contributed by atoms with Crippen LogP contribution >= 0.6 is 0 Å². The summed E-state index contributed by atoms with van der Waals surface area (Å²) in [5.41, 5.74) is 0.211. The molecule has 100 valence electrons. The second kappa shape index (κ2) is 4.89. The van der Waals surface area contributed by atoms with Crippen LogP contribution in [0.3, 0.4) is 0 Å². The fourth-order valence-electron chi connectivity index (χ4n) is 1.61. The van der Waals surface area contributed by atoms with Gasteiger partial charge in [-0.25, -0.2) is 12.8 Å². The maximum atomic E-state index is 13.1. The predicted molar refractivity (Wildman–Crippen MR) is 70.1 cm³/mol. The van der Waals surface area contributed by atoms with Crippen molar-refractivity contribution in [2.24, 2.45) is 0 Å². The van der Waals surface area contributed by atoms with Crippen molar-refractivity contribution in [3.05, 3.63) is 54.3 Å². The van der Waals surface area contributed by atoms with Gasteiger partial charge in [-0.2, -0.15) is 0 Å². The molecular weight excluding hydrogens is 269 g/mol. The van der Waals surface area contributed by atoms with Crippen molar-refractivity contribution in [1.82, 2.24) is 0 Å². The Kier molecular flexibility index (Phi) is 3.44. The summed E-state index contributed by atoms with van der Waals surface area (Å²) in [5, 5.41) is 9.33. The predicted octanol–water partition coefficient (Wildman–Crippen LogP) is 2.36. The van der Waals surface area contributed by atoms with Crippen LogP contribution in [0, 0.1) is 5.82 Å². The van der Waals surface area contributed by atoms with E-state index in [4.69, 9.17) is 0 Å². The lowest BCUT2D eigenvalue weighted by molar-refractivity contribution is 0.473. The summed E-state index contributed by atoms with van der Waals surface area (Å²) in [6.45, 7) is 0. The number of hydrogen-bond acceptors (Lipinski definition) is 3. The molecule has 19 heavy (non-hydrogen) atoms. The molecule has 0 bridgehead atoms. The molecule has 0 radical (unpaired) electrons. The topological polar surface area (TPSA) is 57.6 Å². The van der Waals surface area contributed by atoms with E-state index < -0.39 is 15.8 Å². The average Bonchev–Trinajstić information content (AvgIpc) is 2.38. The van der Waals surface area contributed by atoms with Crippen LogP contribution in [-0.2, 0) is 10.0 Å². The van der Waals surface area contributed by atoms with Gasteiger partial charge in [0.15, 0.2) is 0 Å². The Morgan fingerprint density at radius 3 is 2.42 bits per heavy atom. The fraction of sp³-hybridized carbons (Fsp3) is 0.0769. The summed E-state index contributed by atoms with van der Waals surface area (Å²) in [5.74, 6) is -0.663. The van der Waals surface area contributed by atoms with E-state index in [1.54, 1.807) is 0 Å². The van der Waals surface area contributed by atoms with Gasteiger partial charge in [-0.3, -0.25) is 4.31 Å². The maximum absolute atomic E-state index is 13.1.